The molecule has 0 saturated carbocycles. The standard InChI is InChI=1S/C15H14FIN2O4/c16-12-8-19(15(22)18-14(12)21)9-23-13(20)3-1-2-10-4-6-11(17)7-5-10/h4-8H,1-3,9H2,(H,18,21,22). The quantitative estimate of drug-likeness (QED) is 0.558. The van der Waals surface area contributed by atoms with E-state index >= 15 is 0 Å². The van der Waals surface area contributed by atoms with E-state index in [1.807, 2.05) is 24.3 Å². The molecule has 0 aliphatic carbocycles. The number of ether oxygens (including phenoxy) is 1. The fourth-order valence-corrected chi connectivity index (χ4v) is 2.24. The first kappa shape index (κ1) is 17.4. The van der Waals surface area contributed by atoms with Gasteiger partial charge in [0.25, 0.3) is 5.56 Å². The zero-order valence-electron chi connectivity index (χ0n) is 12.1. The van der Waals surface area contributed by atoms with Gasteiger partial charge in [0.2, 0.25) is 5.82 Å². The van der Waals surface area contributed by atoms with Gasteiger partial charge in [-0.25, -0.2) is 4.79 Å². The maximum absolute atomic E-state index is 13.1. The molecule has 8 heteroatoms. The Morgan fingerprint density at radius 2 is 1.96 bits per heavy atom. The number of halogens is 2. The molecule has 0 amide bonds. The molecule has 2 aromatic rings. The number of hydrogen-bond acceptors (Lipinski definition) is 4. The summed E-state index contributed by atoms with van der Waals surface area (Å²) in [6.45, 7) is -0.436. The van der Waals surface area contributed by atoms with Crippen LogP contribution in [0.1, 0.15) is 18.4 Å². The molecule has 1 heterocycles. The number of aromatic nitrogens is 2. The van der Waals surface area contributed by atoms with Crippen LogP contribution in [-0.4, -0.2) is 15.5 Å². The van der Waals surface area contributed by atoms with E-state index in [4.69, 9.17) is 4.74 Å². The largest absolute Gasteiger partial charge is 0.444 e. The molecular formula is C15H14FIN2O4. The number of nitrogens with zero attached hydrogens (tertiary/aromatic N) is 1. The van der Waals surface area contributed by atoms with E-state index in [0.717, 1.165) is 20.1 Å². The predicted molar refractivity (Wildman–Crippen MR) is 89.5 cm³/mol. The van der Waals surface area contributed by atoms with E-state index < -0.39 is 29.8 Å². The number of esters is 1. The molecule has 0 spiro atoms. The van der Waals surface area contributed by atoms with Crippen LogP contribution in [0.5, 0.6) is 0 Å². The summed E-state index contributed by atoms with van der Waals surface area (Å²) in [5, 5.41) is 0. The van der Waals surface area contributed by atoms with E-state index in [1.165, 1.54) is 0 Å². The van der Waals surface area contributed by atoms with Gasteiger partial charge in [-0.3, -0.25) is 19.1 Å². The molecule has 0 aliphatic rings. The Bertz CT molecular complexity index is 798. The number of benzene rings is 1. The summed E-state index contributed by atoms with van der Waals surface area (Å²) in [6, 6.07) is 7.97. The highest BCUT2D eigenvalue weighted by atomic mass is 127. The highest BCUT2D eigenvalue weighted by molar-refractivity contribution is 14.1. The van der Waals surface area contributed by atoms with Crippen molar-refractivity contribution in [2.45, 2.75) is 26.0 Å². The zero-order valence-corrected chi connectivity index (χ0v) is 14.2. The average Bonchev–Trinajstić information content (AvgIpc) is 2.51. The van der Waals surface area contributed by atoms with Crippen LogP contribution in [0.4, 0.5) is 4.39 Å². The van der Waals surface area contributed by atoms with Crippen LogP contribution in [-0.2, 0) is 22.7 Å². The van der Waals surface area contributed by atoms with Gasteiger partial charge in [-0.2, -0.15) is 4.39 Å². The third-order valence-corrected chi connectivity index (χ3v) is 3.81. The average molecular weight is 432 g/mol. The van der Waals surface area contributed by atoms with Crippen molar-refractivity contribution in [2.24, 2.45) is 0 Å². The van der Waals surface area contributed by atoms with Crippen LogP contribution >= 0.6 is 22.6 Å². The molecule has 1 N–H and O–H groups in total. The summed E-state index contributed by atoms with van der Waals surface area (Å²) < 4.78 is 19.9. The molecule has 0 aliphatic heterocycles. The van der Waals surface area contributed by atoms with Crippen molar-refractivity contribution in [2.75, 3.05) is 0 Å². The van der Waals surface area contributed by atoms with Gasteiger partial charge in [-0.1, -0.05) is 12.1 Å². The minimum Gasteiger partial charge on any atom is -0.444 e. The normalized spacial score (nSPS) is 10.5. The van der Waals surface area contributed by atoms with Gasteiger partial charge in [-0.15, -0.1) is 0 Å². The first-order valence-corrected chi connectivity index (χ1v) is 7.93. The molecule has 0 bridgehead atoms. The molecule has 0 unspecified atom stereocenters. The number of aromatic amines is 1. The summed E-state index contributed by atoms with van der Waals surface area (Å²) in [5.74, 6) is -1.60. The third kappa shape index (κ3) is 5.31. The van der Waals surface area contributed by atoms with Crippen molar-refractivity contribution in [3.05, 3.63) is 66.3 Å². The Morgan fingerprint density at radius 3 is 2.65 bits per heavy atom. The number of H-pyrrole nitrogens is 1. The summed E-state index contributed by atoms with van der Waals surface area (Å²) in [5.41, 5.74) is -0.810. The van der Waals surface area contributed by atoms with Gasteiger partial charge < -0.3 is 4.74 Å². The van der Waals surface area contributed by atoms with E-state index in [1.54, 1.807) is 4.98 Å². The topological polar surface area (TPSA) is 81.2 Å². The van der Waals surface area contributed by atoms with Gasteiger partial charge in [0.15, 0.2) is 6.73 Å². The van der Waals surface area contributed by atoms with E-state index in [9.17, 15) is 18.8 Å². The maximum Gasteiger partial charge on any atom is 0.331 e. The van der Waals surface area contributed by atoms with Gasteiger partial charge in [-0.05, 0) is 53.1 Å². The molecule has 2 rings (SSSR count). The first-order valence-electron chi connectivity index (χ1n) is 6.85. The van der Waals surface area contributed by atoms with Crippen LogP contribution in [0.3, 0.4) is 0 Å². The Kier molecular flexibility index (Phi) is 6.08. The monoisotopic (exact) mass is 432 g/mol. The molecule has 122 valence electrons. The molecule has 0 saturated heterocycles. The Labute approximate surface area is 144 Å². The highest BCUT2D eigenvalue weighted by Crippen LogP contribution is 2.09. The Hall–Kier alpha value is -1.97. The Morgan fingerprint density at radius 1 is 1.26 bits per heavy atom. The highest BCUT2D eigenvalue weighted by Gasteiger charge is 2.07. The van der Waals surface area contributed by atoms with Crippen molar-refractivity contribution in [3.63, 3.8) is 0 Å². The van der Waals surface area contributed by atoms with E-state index in [2.05, 4.69) is 22.6 Å². The van der Waals surface area contributed by atoms with Crippen molar-refractivity contribution < 1.29 is 13.9 Å². The van der Waals surface area contributed by atoms with Gasteiger partial charge in [0.1, 0.15) is 0 Å². The molecule has 1 aromatic heterocycles. The van der Waals surface area contributed by atoms with Crippen LogP contribution in [0, 0.1) is 9.39 Å². The lowest BCUT2D eigenvalue weighted by atomic mass is 10.1. The van der Waals surface area contributed by atoms with Crippen molar-refractivity contribution >= 4 is 28.6 Å². The van der Waals surface area contributed by atoms with E-state index in [-0.39, 0.29) is 6.42 Å². The third-order valence-electron chi connectivity index (χ3n) is 3.09. The molecule has 0 fully saturated rings. The number of rotatable bonds is 6. The van der Waals surface area contributed by atoms with Crippen molar-refractivity contribution in [1.29, 1.82) is 0 Å². The minimum absolute atomic E-state index is 0.187. The molecule has 23 heavy (non-hydrogen) atoms. The summed E-state index contributed by atoms with van der Waals surface area (Å²) in [7, 11) is 0. The zero-order chi connectivity index (χ0) is 16.8. The molecule has 6 nitrogen and oxygen atoms in total. The maximum atomic E-state index is 13.1. The van der Waals surface area contributed by atoms with Crippen molar-refractivity contribution in [3.8, 4) is 0 Å². The van der Waals surface area contributed by atoms with Gasteiger partial charge in [0, 0.05) is 9.99 Å². The number of nitrogens with one attached hydrogen (secondary N) is 1. The fourth-order valence-electron chi connectivity index (χ4n) is 1.88. The lowest BCUT2D eigenvalue weighted by molar-refractivity contribution is -0.147. The number of aryl methyl sites for hydroxylation is 1. The second-order valence-electron chi connectivity index (χ2n) is 4.83. The van der Waals surface area contributed by atoms with Gasteiger partial charge >= 0.3 is 11.7 Å². The Balaban J connectivity index is 1.79. The second-order valence-corrected chi connectivity index (χ2v) is 6.08. The number of carbonyl (C=O) groups is 1. The first-order chi connectivity index (χ1) is 11.0. The van der Waals surface area contributed by atoms with E-state index in [0.29, 0.717) is 12.6 Å². The minimum atomic E-state index is -1.11. The SMILES string of the molecule is O=C(CCCc1ccc(I)cc1)OCn1cc(F)c(=O)[nH]c1=O. The molecule has 1 aromatic carbocycles. The van der Waals surface area contributed by atoms with Crippen LogP contribution in [0.15, 0.2) is 40.1 Å². The summed E-state index contributed by atoms with van der Waals surface area (Å²) >= 11 is 2.22. The number of hydrogen-bond donors (Lipinski definition) is 1. The molecule has 0 radical (unpaired) electrons. The molecular weight excluding hydrogens is 418 g/mol. The van der Waals surface area contributed by atoms with Crippen molar-refractivity contribution in [1.82, 2.24) is 9.55 Å². The van der Waals surface area contributed by atoms with Crippen LogP contribution in [0.25, 0.3) is 0 Å². The summed E-state index contributed by atoms with van der Waals surface area (Å²) in [4.78, 5) is 35.7. The predicted octanol–water partition coefficient (Wildman–Crippen LogP) is 1.80. The van der Waals surface area contributed by atoms with Gasteiger partial charge in [0.05, 0.1) is 6.20 Å². The second kappa shape index (κ2) is 8.04. The smallest absolute Gasteiger partial charge is 0.331 e. The van der Waals surface area contributed by atoms with Crippen LogP contribution < -0.4 is 11.2 Å². The van der Waals surface area contributed by atoms with Crippen LogP contribution in [0.2, 0.25) is 0 Å². The lowest BCUT2D eigenvalue weighted by Gasteiger charge is -2.07. The summed E-state index contributed by atoms with van der Waals surface area (Å²) in [6.07, 6.45) is 2.24. The number of carbonyl (C=O) groups excluding carboxylic acids is 1. The fraction of sp³-hybridized carbons (Fsp3) is 0.267. The molecule has 0 atom stereocenters. The lowest BCUT2D eigenvalue weighted by Crippen LogP contribution is -2.32.